The van der Waals surface area contributed by atoms with Crippen LogP contribution in [-0.2, 0) is 9.53 Å². The number of piperidine rings is 1. The zero-order valence-electron chi connectivity index (χ0n) is 10.8. The summed E-state index contributed by atoms with van der Waals surface area (Å²) >= 11 is 0. The van der Waals surface area contributed by atoms with Crippen molar-refractivity contribution < 1.29 is 9.53 Å². The van der Waals surface area contributed by atoms with Crippen LogP contribution >= 0.6 is 0 Å². The Morgan fingerprint density at radius 1 is 1.47 bits per heavy atom. The molecule has 2 aliphatic rings. The molecular formula is C13H24N2O2. The molecule has 1 amide bonds. The fourth-order valence-corrected chi connectivity index (χ4v) is 2.71. The van der Waals surface area contributed by atoms with E-state index in [1.807, 2.05) is 6.92 Å². The van der Waals surface area contributed by atoms with Gasteiger partial charge in [0, 0.05) is 13.2 Å². The molecule has 17 heavy (non-hydrogen) atoms. The molecule has 2 aliphatic heterocycles. The van der Waals surface area contributed by atoms with E-state index in [1.54, 1.807) is 0 Å². The Kier molecular flexibility index (Phi) is 4.40. The third-order valence-corrected chi connectivity index (χ3v) is 4.00. The van der Waals surface area contributed by atoms with Crippen LogP contribution in [0.5, 0.6) is 0 Å². The van der Waals surface area contributed by atoms with Gasteiger partial charge in [-0.15, -0.1) is 0 Å². The van der Waals surface area contributed by atoms with Crippen LogP contribution in [0.1, 0.15) is 39.0 Å². The summed E-state index contributed by atoms with van der Waals surface area (Å²) in [5.41, 5.74) is -0.561. The van der Waals surface area contributed by atoms with E-state index in [1.165, 1.54) is 12.8 Å². The molecule has 4 heteroatoms. The van der Waals surface area contributed by atoms with Crippen molar-refractivity contribution in [1.29, 1.82) is 0 Å². The highest BCUT2D eigenvalue weighted by Crippen LogP contribution is 2.25. The van der Waals surface area contributed by atoms with Crippen LogP contribution in [0, 0.1) is 5.92 Å². The standard InChI is InChI=1S/C13H24N2O2/c1-13(6-2-10-17-13)12(16)15-9-5-11-3-7-14-8-4-11/h11,14H,2-10H2,1H3,(H,15,16). The van der Waals surface area contributed by atoms with E-state index in [9.17, 15) is 4.79 Å². The highest BCUT2D eigenvalue weighted by molar-refractivity contribution is 5.84. The summed E-state index contributed by atoms with van der Waals surface area (Å²) in [6.07, 6.45) is 5.43. The molecule has 2 N–H and O–H groups in total. The molecular weight excluding hydrogens is 216 g/mol. The number of carbonyl (C=O) groups is 1. The average molecular weight is 240 g/mol. The van der Waals surface area contributed by atoms with Gasteiger partial charge in [-0.05, 0) is 58.0 Å². The van der Waals surface area contributed by atoms with Gasteiger partial charge in [-0.1, -0.05) is 0 Å². The molecule has 2 rings (SSSR count). The summed E-state index contributed by atoms with van der Waals surface area (Å²) in [4.78, 5) is 12.0. The van der Waals surface area contributed by atoms with Gasteiger partial charge < -0.3 is 15.4 Å². The summed E-state index contributed by atoms with van der Waals surface area (Å²) in [5, 5.41) is 6.39. The quantitative estimate of drug-likeness (QED) is 0.772. The van der Waals surface area contributed by atoms with E-state index in [-0.39, 0.29) is 5.91 Å². The first-order chi connectivity index (χ1) is 8.21. The first-order valence-electron chi connectivity index (χ1n) is 6.84. The molecule has 0 aromatic heterocycles. The lowest BCUT2D eigenvalue weighted by molar-refractivity contribution is -0.139. The minimum atomic E-state index is -0.561. The summed E-state index contributed by atoms with van der Waals surface area (Å²) in [7, 11) is 0. The lowest BCUT2D eigenvalue weighted by Gasteiger charge is -2.25. The Hall–Kier alpha value is -0.610. The summed E-state index contributed by atoms with van der Waals surface area (Å²) < 4.78 is 5.52. The summed E-state index contributed by atoms with van der Waals surface area (Å²) in [6.45, 7) is 5.67. The van der Waals surface area contributed by atoms with Crippen molar-refractivity contribution >= 4 is 5.91 Å². The van der Waals surface area contributed by atoms with Crippen molar-refractivity contribution in [1.82, 2.24) is 10.6 Å². The minimum Gasteiger partial charge on any atom is -0.365 e. The van der Waals surface area contributed by atoms with Crippen LogP contribution in [0.4, 0.5) is 0 Å². The molecule has 2 saturated heterocycles. The van der Waals surface area contributed by atoms with Gasteiger partial charge in [0.25, 0.3) is 5.91 Å². The topological polar surface area (TPSA) is 50.4 Å². The minimum absolute atomic E-state index is 0.0731. The van der Waals surface area contributed by atoms with Crippen molar-refractivity contribution in [2.45, 2.75) is 44.6 Å². The molecule has 98 valence electrons. The normalized spacial score (nSPS) is 30.4. The predicted molar refractivity (Wildman–Crippen MR) is 66.8 cm³/mol. The van der Waals surface area contributed by atoms with Crippen LogP contribution < -0.4 is 10.6 Å². The predicted octanol–water partition coefficient (Wildman–Crippen LogP) is 1.06. The third-order valence-electron chi connectivity index (χ3n) is 4.00. The Morgan fingerprint density at radius 3 is 2.88 bits per heavy atom. The van der Waals surface area contributed by atoms with Gasteiger partial charge in [-0.2, -0.15) is 0 Å². The number of ether oxygens (including phenoxy) is 1. The second-order valence-electron chi connectivity index (χ2n) is 5.42. The molecule has 0 saturated carbocycles. The summed E-state index contributed by atoms with van der Waals surface area (Å²) in [6, 6.07) is 0. The zero-order valence-corrected chi connectivity index (χ0v) is 10.8. The molecule has 1 atom stereocenters. The molecule has 2 fully saturated rings. The van der Waals surface area contributed by atoms with Crippen LogP contribution in [0.2, 0.25) is 0 Å². The number of carbonyl (C=O) groups excluding carboxylic acids is 1. The molecule has 0 spiro atoms. The Labute approximate surface area is 103 Å². The van der Waals surface area contributed by atoms with Crippen LogP contribution in [0.15, 0.2) is 0 Å². The number of hydrogen-bond acceptors (Lipinski definition) is 3. The SMILES string of the molecule is CC1(C(=O)NCCC2CCNCC2)CCCO1. The first kappa shape index (κ1) is 12.8. The number of amides is 1. The maximum Gasteiger partial charge on any atom is 0.251 e. The fraction of sp³-hybridized carbons (Fsp3) is 0.923. The lowest BCUT2D eigenvalue weighted by atomic mass is 9.94. The number of nitrogens with one attached hydrogen (secondary N) is 2. The van der Waals surface area contributed by atoms with E-state index < -0.39 is 5.60 Å². The maximum atomic E-state index is 12.0. The Morgan fingerprint density at radius 2 is 2.24 bits per heavy atom. The number of rotatable bonds is 4. The zero-order chi connectivity index (χ0) is 12.1. The average Bonchev–Trinajstić information content (AvgIpc) is 2.79. The highest BCUT2D eigenvalue weighted by atomic mass is 16.5. The Balaban J connectivity index is 1.65. The van der Waals surface area contributed by atoms with Crippen LogP contribution in [-0.4, -0.2) is 37.7 Å². The monoisotopic (exact) mass is 240 g/mol. The van der Waals surface area contributed by atoms with Gasteiger partial charge in [-0.3, -0.25) is 4.79 Å². The number of hydrogen-bond donors (Lipinski definition) is 2. The molecule has 2 heterocycles. The van der Waals surface area contributed by atoms with Crippen molar-refractivity contribution in [3.63, 3.8) is 0 Å². The molecule has 0 radical (unpaired) electrons. The molecule has 1 unspecified atom stereocenters. The van der Waals surface area contributed by atoms with Gasteiger partial charge in [0.1, 0.15) is 5.60 Å². The molecule has 4 nitrogen and oxygen atoms in total. The molecule has 0 bridgehead atoms. The second-order valence-corrected chi connectivity index (χ2v) is 5.42. The van der Waals surface area contributed by atoms with Crippen molar-refractivity contribution in [3.05, 3.63) is 0 Å². The van der Waals surface area contributed by atoms with Crippen LogP contribution in [0.25, 0.3) is 0 Å². The fourth-order valence-electron chi connectivity index (χ4n) is 2.71. The molecule has 0 aromatic rings. The van der Waals surface area contributed by atoms with Crippen molar-refractivity contribution in [3.8, 4) is 0 Å². The smallest absolute Gasteiger partial charge is 0.251 e. The van der Waals surface area contributed by atoms with Gasteiger partial charge >= 0.3 is 0 Å². The lowest BCUT2D eigenvalue weighted by Crippen LogP contribution is -2.44. The van der Waals surface area contributed by atoms with E-state index in [4.69, 9.17) is 4.74 Å². The van der Waals surface area contributed by atoms with Crippen molar-refractivity contribution in [2.24, 2.45) is 5.92 Å². The Bertz CT molecular complexity index is 256. The van der Waals surface area contributed by atoms with Gasteiger partial charge in [0.2, 0.25) is 0 Å². The highest BCUT2D eigenvalue weighted by Gasteiger charge is 2.37. The third kappa shape index (κ3) is 3.42. The van der Waals surface area contributed by atoms with E-state index in [0.717, 1.165) is 51.4 Å². The van der Waals surface area contributed by atoms with E-state index >= 15 is 0 Å². The van der Waals surface area contributed by atoms with Crippen molar-refractivity contribution in [2.75, 3.05) is 26.2 Å². The molecule has 0 aromatic carbocycles. The van der Waals surface area contributed by atoms with Gasteiger partial charge in [-0.25, -0.2) is 0 Å². The largest absolute Gasteiger partial charge is 0.365 e. The summed E-state index contributed by atoms with van der Waals surface area (Å²) in [5.74, 6) is 0.845. The van der Waals surface area contributed by atoms with E-state index in [2.05, 4.69) is 10.6 Å². The second kappa shape index (κ2) is 5.83. The molecule has 0 aliphatic carbocycles. The van der Waals surface area contributed by atoms with Gasteiger partial charge in [0.15, 0.2) is 0 Å². The first-order valence-corrected chi connectivity index (χ1v) is 6.84. The maximum absolute atomic E-state index is 12.0. The van der Waals surface area contributed by atoms with Crippen LogP contribution in [0.3, 0.4) is 0 Å². The van der Waals surface area contributed by atoms with E-state index in [0.29, 0.717) is 0 Å². The van der Waals surface area contributed by atoms with Gasteiger partial charge in [0.05, 0.1) is 0 Å².